The number of ether oxygens (including phenoxy) is 1. The minimum absolute atomic E-state index is 0.0855. The molecule has 0 N–H and O–H groups in total. The van der Waals surface area contributed by atoms with E-state index in [1.165, 1.54) is 12.1 Å². The number of halogens is 3. The number of nitrogens with zero attached hydrogens (tertiary/aromatic N) is 1. The molecule has 0 amide bonds. The van der Waals surface area contributed by atoms with Crippen LogP contribution in [0.4, 0.5) is 13.2 Å². The summed E-state index contributed by atoms with van der Waals surface area (Å²) in [6.07, 6.45) is -4.31. The first-order valence-electron chi connectivity index (χ1n) is 5.76. The van der Waals surface area contributed by atoms with Gasteiger partial charge in [0, 0.05) is 5.56 Å². The van der Waals surface area contributed by atoms with Gasteiger partial charge in [0.1, 0.15) is 6.61 Å². The maximum Gasteiger partial charge on any atom is 0.416 e. The Kier molecular flexibility index (Phi) is 3.32. The molecule has 0 aromatic heterocycles. The van der Waals surface area contributed by atoms with Gasteiger partial charge in [0.05, 0.1) is 11.6 Å². The summed E-state index contributed by atoms with van der Waals surface area (Å²) in [4.78, 5) is 4.36. The predicted molar refractivity (Wildman–Crippen MR) is 62.6 cm³/mol. The van der Waals surface area contributed by atoms with Crippen molar-refractivity contribution in [1.82, 2.24) is 0 Å². The molecule has 1 aromatic carbocycles. The molecule has 0 unspecified atom stereocenters. The molecule has 1 aromatic rings. The summed E-state index contributed by atoms with van der Waals surface area (Å²) in [6.45, 7) is 4.56. The largest absolute Gasteiger partial charge is 0.475 e. The van der Waals surface area contributed by atoms with Gasteiger partial charge in [0.25, 0.3) is 0 Å². The number of hydrogen-bond acceptors (Lipinski definition) is 2. The second kappa shape index (κ2) is 4.63. The van der Waals surface area contributed by atoms with Crippen LogP contribution in [0.3, 0.4) is 0 Å². The summed E-state index contributed by atoms with van der Waals surface area (Å²) in [7, 11) is 0. The monoisotopic (exact) mass is 257 g/mol. The van der Waals surface area contributed by atoms with E-state index in [4.69, 9.17) is 4.74 Å². The minimum Gasteiger partial charge on any atom is -0.475 e. The van der Waals surface area contributed by atoms with Crippen molar-refractivity contribution in [1.29, 1.82) is 0 Å². The van der Waals surface area contributed by atoms with Gasteiger partial charge in [0.15, 0.2) is 0 Å². The number of rotatable bonds is 2. The van der Waals surface area contributed by atoms with E-state index in [9.17, 15) is 13.2 Å². The zero-order valence-corrected chi connectivity index (χ0v) is 10.2. The van der Waals surface area contributed by atoms with E-state index < -0.39 is 11.7 Å². The van der Waals surface area contributed by atoms with Gasteiger partial charge in [-0.25, -0.2) is 4.99 Å². The van der Waals surface area contributed by atoms with Gasteiger partial charge < -0.3 is 4.74 Å². The Morgan fingerprint density at radius 2 is 1.83 bits per heavy atom. The third-order valence-electron chi connectivity index (χ3n) is 2.90. The lowest BCUT2D eigenvalue weighted by Gasteiger charge is -2.07. The van der Waals surface area contributed by atoms with Crippen LogP contribution in [0, 0.1) is 5.92 Å². The quantitative estimate of drug-likeness (QED) is 0.794. The van der Waals surface area contributed by atoms with Gasteiger partial charge in [0.2, 0.25) is 5.90 Å². The molecule has 18 heavy (non-hydrogen) atoms. The van der Waals surface area contributed by atoms with Crippen molar-refractivity contribution in [2.45, 2.75) is 26.1 Å². The Labute approximate surface area is 103 Å². The van der Waals surface area contributed by atoms with Gasteiger partial charge in [-0.1, -0.05) is 13.8 Å². The normalized spacial score (nSPS) is 19.9. The highest BCUT2D eigenvalue weighted by Gasteiger charge is 2.30. The number of alkyl halides is 3. The molecule has 1 aliphatic rings. The van der Waals surface area contributed by atoms with E-state index in [0.29, 0.717) is 24.0 Å². The molecular formula is C13H14F3NO. The zero-order chi connectivity index (χ0) is 13.3. The average molecular weight is 257 g/mol. The van der Waals surface area contributed by atoms with Crippen molar-refractivity contribution in [3.63, 3.8) is 0 Å². The van der Waals surface area contributed by atoms with Crippen molar-refractivity contribution in [2.75, 3.05) is 6.61 Å². The van der Waals surface area contributed by atoms with Crippen LogP contribution in [0.15, 0.2) is 29.3 Å². The Hall–Kier alpha value is -1.52. The summed E-state index contributed by atoms with van der Waals surface area (Å²) >= 11 is 0. The Morgan fingerprint density at radius 3 is 2.28 bits per heavy atom. The van der Waals surface area contributed by atoms with E-state index in [2.05, 4.69) is 4.99 Å². The van der Waals surface area contributed by atoms with Gasteiger partial charge >= 0.3 is 6.18 Å². The summed E-state index contributed by atoms with van der Waals surface area (Å²) in [5.41, 5.74) is -0.0728. The third-order valence-corrected chi connectivity index (χ3v) is 2.90. The summed E-state index contributed by atoms with van der Waals surface area (Å²) < 4.78 is 42.6. The van der Waals surface area contributed by atoms with Crippen LogP contribution in [0.25, 0.3) is 0 Å². The standard InChI is InChI=1S/C13H14F3NO/c1-8(2)11-7-18-12(17-11)9-3-5-10(6-4-9)13(14,15)16/h3-6,8,11H,7H2,1-2H3/t11-/m1/s1. The molecular weight excluding hydrogens is 243 g/mol. The molecule has 0 saturated heterocycles. The van der Waals surface area contributed by atoms with Gasteiger partial charge in [-0.15, -0.1) is 0 Å². The van der Waals surface area contributed by atoms with Gasteiger partial charge in [-0.2, -0.15) is 13.2 Å². The first kappa shape index (κ1) is 12.9. The van der Waals surface area contributed by atoms with Crippen molar-refractivity contribution >= 4 is 5.90 Å². The van der Waals surface area contributed by atoms with Crippen LogP contribution in [0.5, 0.6) is 0 Å². The van der Waals surface area contributed by atoms with Gasteiger partial charge in [-0.05, 0) is 30.2 Å². The van der Waals surface area contributed by atoms with Crippen molar-refractivity contribution < 1.29 is 17.9 Å². The molecule has 1 heterocycles. The average Bonchev–Trinajstić information content (AvgIpc) is 2.77. The molecule has 0 fully saturated rings. The van der Waals surface area contributed by atoms with Crippen LogP contribution < -0.4 is 0 Å². The Bertz CT molecular complexity index is 448. The SMILES string of the molecule is CC(C)[C@H]1COC(c2ccc(C(F)(F)F)cc2)=N1. The maximum atomic E-state index is 12.4. The number of hydrogen-bond donors (Lipinski definition) is 0. The molecule has 1 aliphatic heterocycles. The lowest BCUT2D eigenvalue weighted by Crippen LogP contribution is -2.13. The van der Waals surface area contributed by atoms with Crippen LogP contribution in [-0.4, -0.2) is 18.5 Å². The second-order valence-corrected chi connectivity index (χ2v) is 4.63. The molecule has 0 aliphatic carbocycles. The van der Waals surface area contributed by atoms with Crippen LogP contribution in [-0.2, 0) is 10.9 Å². The van der Waals surface area contributed by atoms with Crippen molar-refractivity contribution in [2.24, 2.45) is 10.9 Å². The van der Waals surface area contributed by atoms with Crippen LogP contribution >= 0.6 is 0 Å². The first-order valence-corrected chi connectivity index (χ1v) is 5.76. The fraction of sp³-hybridized carbons (Fsp3) is 0.462. The molecule has 2 nitrogen and oxygen atoms in total. The van der Waals surface area contributed by atoms with E-state index >= 15 is 0 Å². The molecule has 98 valence electrons. The molecule has 0 saturated carbocycles. The van der Waals surface area contributed by atoms with E-state index in [0.717, 1.165) is 12.1 Å². The molecule has 5 heteroatoms. The van der Waals surface area contributed by atoms with Gasteiger partial charge in [-0.3, -0.25) is 0 Å². The smallest absolute Gasteiger partial charge is 0.416 e. The summed E-state index contributed by atoms with van der Waals surface area (Å²) in [5.74, 6) is 0.791. The maximum absolute atomic E-state index is 12.4. The second-order valence-electron chi connectivity index (χ2n) is 4.63. The number of benzene rings is 1. The number of aliphatic imine (C=N–C) groups is 1. The van der Waals surface area contributed by atoms with E-state index in [1.54, 1.807) is 0 Å². The lowest BCUT2D eigenvalue weighted by molar-refractivity contribution is -0.137. The molecule has 0 radical (unpaired) electrons. The highest BCUT2D eigenvalue weighted by Crippen LogP contribution is 2.29. The molecule has 0 bridgehead atoms. The fourth-order valence-corrected chi connectivity index (χ4v) is 1.69. The third kappa shape index (κ3) is 2.66. The van der Waals surface area contributed by atoms with Crippen LogP contribution in [0.1, 0.15) is 25.0 Å². The van der Waals surface area contributed by atoms with Crippen molar-refractivity contribution in [3.05, 3.63) is 35.4 Å². The molecule has 0 spiro atoms. The summed E-state index contributed by atoms with van der Waals surface area (Å²) in [6, 6.07) is 4.96. The van der Waals surface area contributed by atoms with E-state index in [1.807, 2.05) is 13.8 Å². The Balaban J connectivity index is 2.19. The lowest BCUT2D eigenvalue weighted by atomic mass is 10.1. The first-order chi connectivity index (χ1) is 8.38. The Morgan fingerprint density at radius 1 is 1.22 bits per heavy atom. The molecule has 2 rings (SSSR count). The molecule has 1 atom stereocenters. The highest BCUT2D eigenvalue weighted by molar-refractivity contribution is 5.95. The summed E-state index contributed by atoms with van der Waals surface area (Å²) in [5, 5.41) is 0. The zero-order valence-electron chi connectivity index (χ0n) is 10.2. The fourth-order valence-electron chi connectivity index (χ4n) is 1.69. The van der Waals surface area contributed by atoms with E-state index in [-0.39, 0.29) is 6.04 Å². The predicted octanol–water partition coefficient (Wildman–Crippen LogP) is 3.51. The topological polar surface area (TPSA) is 21.6 Å². The minimum atomic E-state index is -4.31. The van der Waals surface area contributed by atoms with Crippen LogP contribution in [0.2, 0.25) is 0 Å². The highest BCUT2D eigenvalue weighted by atomic mass is 19.4. The van der Waals surface area contributed by atoms with Crippen molar-refractivity contribution in [3.8, 4) is 0 Å².